The van der Waals surface area contributed by atoms with Crippen LogP contribution in [0.2, 0.25) is 0 Å². The third-order valence-corrected chi connectivity index (χ3v) is 4.06. The number of hydrogen-bond donors (Lipinski definition) is 2. The lowest BCUT2D eigenvalue weighted by atomic mass is 10.3. The highest BCUT2D eigenvalue weighted by molar-refractivity contribution is 7.99. The number of benzene rings is 1. The zero-order chi connectivity index (χ0) is 14.4. The van der Waals surface area contributed by atoms with Crippen LogP contribution in [0.3, 0.4) is 0 Å². The molecular formula is C14H20N4OS. The van der Waals surface area contributed by atoms with Crippen molar-refractivity contribution in [3.05, 3.63) is 30.1 Å². The lowest BCUT2D eigenvalue weighted by Gasteiger charge is -2.08. The van der Waals surface area contributed by atoms with E-state index >= 15 is 0 Å². The molecule has 0 saturated heterocycles. The molecule has 5 nitrogen and oxygen atoms in total. The molecule has 1 aromatic carbocycles. The molecule has 2 aromatic rings. The summed E-state index contributed by atoms with van der Waals surface area (Å²) < 4.78 is 2.17. The van der Waals surface area contributed by atoms with E-state index in [0.29, 0.717) is 6.42 Å². The van der Waals surface area contributed by atoms with Crippen molar-refractivity contribution in [3.63, 3.8) is 0 Å². The first-order chi connectivity index (χ1) is 9.76. The largest absolute Gasteiger partial charge is 0.409 e. The Hall–Kier alpha value is -1.69. The average Bonchev–Trinajstić information content (AvgIpc) is 2.81. The van der Waals surface area contributed by atoms with Crippen molar-refractivity contribution in [1.29, 1.82) is 0 Å². The van der Waals surface area contributed by atoms with Crippen LogP contribution in [0.5, 0.6) is 0 Å². The molecule has 6 heteroatoms. The van der Waals surface area contributed by atoms with E-state index in [9.17, 15) is 0 Å². The van der Waals surface area contributed by atoms with Gasteiger partial charge in [-0.2, -0.15) is 11.8 Å². The van der Waals surface area contributed by atoms with Gasteiger partial charge in [-0.25, -0.2) is 4.98 Å². The van der Waals surface area contributed by atoms with Crippen molar-refractivity contribution in [3.8, 4) is 0 Å². The van der Waals surface area contributed by atoms with Gasteiger partial charge in [0.15, 0.2) is 0 Å². The predicted octanol–water partition coefficient (Wildman–Crippen LogP) is 2.47. The monoisotopic (exact) mass is 292 g/mol. The fourth-order valence-electron chi connectivity index (χ4n) is 2.18. The molecule has 0 aliphatic heterocycles. The highest BCUT2D eigenvalue weighted by Crippen LogP contribution is 2.17. The second-order valence-electron chi connectivity index (χ2n) is 4.49. The Morgan fingerprint density at radius 1 is 1.45 bits per heavy atom. The summed E-state index contributed by atoms with van der Waals surface area (Å²) in [7, 11) is 0. The Kier molecular flexibility index (Phi) is 5.29. The fourth-order valence-corrected chi connectivity index (χ4v) is 2.80. The zero-order valence-corrected chi connectivity index (χ0v) is 12.4. The van der Waals surface area contributed by atoms with Gasteiger partial charge >= 0.3 is 0 Å². The van der Waals surface area contributed by atoms with Gasteiger partial charge in [0.1, 0.15) is 11.7 Å². The van der Waals surface area contributed by atoms with Gasteiger partial charge in [-0.05, 0) is 30.1 Å². The Labute approximate surface area is 122 Å². The Morgan fingerprint density at radius 3 is 3.00 bits per heavy atom. The molecule has 0 aliphatic carbocycles. The molecule has 3 N–H and O–H groups in total. The van der Waals surface area contributed by atoms with Crippen LogP contribution >= 0.6 is 11.8 Å². The average molecular weight is 292 g/mol. The fraction of sp³-hybridized carbons (Fsp3) is 0.429. The number of aryl methyl sites for hydroxylation is 1. The van der Waals surface area contributed by atoms with Crippen LogP contribution in [0, 0.1) is 0 Å². The normalized spacial score (nSPS) is 12.2. The number of amidine groups is 1. The van der Waals surface area contributed by atoms with Crippen molar-refractivity contribution in [1.82, 2.24) is 9.55 Å². The van der Waals surface area contributed by atoms with E-state index in [0.717, 1.165) is 41.3 Å². The third-order valence-electron chi connectivity index (χ3n) is 3.08. The molecule has 0 aliphatic rings. The summed E-state index contributed by atoms with van der Waals surface area (Å²) in [6.07, 6.45) is 1.45. The van der Waals surface area contributed by atoms with Crippen molar-refractivity contribution in [2.24, 2.45) is 10.9 Å². The number of imidazole rings is 1. The van der Waals surface area contributed by atoms with Gasteiger partial charge in [0, 0.05) is 6.54 Å². The number of thioether (sulfide) groups is 1. The molecule has 2 rings (SSSR count). The molecule has 1 aromatic heterocycles. The number of para-hydroxylation sites is 2. The number of nitrogens with two attached hydrogens (primary N) is 1. The molecular weight excluding hydrogens is 272 g/mol. The quantitative estimate of drug-likeness (QED) is 0.270. The molecule has 20 heavy (non-hydrogen) atoms. The van der Waals surface area contributed by atoms with Crippen molar-refractivity contribution in [2.75, 3.05) is 11.5 Å². The van der Waals surface area contributed by atoms with Gasteiger partial charge in [0.2, 0.25) is 0 Å². The number of nitrogens with zero attached hydrogens (tertiary/aromatic N) is 3. The van der Waals surface area contributed by atoms with E-state index in [4.69, 9.17) is 10.9 Å². The van der Waals surface area contributed by atoms with E-state index < -0.39 is 0 Å². The van der Waals surface area contributed by atoms with E-state index in [1.54, 1.807) is 0 Å². The van der Waals surface area contributed by atoms with Crippen molar-refractivity contribution >= 4 is 28.6 Å². The maximum atomic E-state index is 8.73. The van der Waals surface area contributed by atoms with Crippen LogP contribution < -0.4 is 5.73 Å². The standard InChI is InChI=1S/C14H20N4OS/c1-2-20-9-5-8-18-12-7-4-3-6-11(12)16-14(18)10-13(15)17-19/h3-4,6-7,19H,2,5,8-10H2,1H3,(H2,15,17). The minimum atomic E-state index is 0.185. The number of aromatic nitrogens is 2. The zero-order valence-electron chi connectivity index (χ0n) is 11.6. The van der Waals surface area contributed by atoms with E-state index in [-0.39, 0.29) is 5.84 Å². The van der Waals surface area contributed by atoms with Gasteiger partial charge in [0.25, 0.3) is 0 Å². The lowest BCUT2D eigenvalue weighted by molar-refractivity contribution is 0.317. The number of fused-ring (bicyclic) bond motifs is 1. The summed E-state index contributed by atoms with van der Waals surface area (Å²) in [5.74, 6) is 3.31. The molecule has 108 valence electrons. The van der Waals surface area contributed by atoms with Crippen LogP contribution in [0.1, 0.15) is 19.2 Å². The molecule has 0 amide bonds. The summed E-state index contributed by atoms with van der Waals surface area (Å²) in [5, 5.41) is 11.8. The van der Waals surface area contributed by atoms with E-state index in [2.05, 4.69) is 27.7 Å². The smallest absolute Gasteiger partial charge is 0.146 e. The molecule has 0 radical (unpaired) electrons. The van der Waals surface area contributed by atoms with Gasteiger partial charge in [-0.3, -0.25) is 0 Å². The number of hydrogen-bond acceptors (Lipinski definition) is 4. The first-order valence-corrected chi connectivity index (χ1v) is 7.90. The summed E-state index contributed by atoms with van der Waals surface area (Å²) in [6.45, 7) is 3.07. The van der Waals surface area contributed by atoms with E-state index in [1.165, 1.54) is 0 Å². The lowest BCUT2D eigenvalue weighted by Crippen LogP contribution is -2.18. The molecule has 0 atom stereocenters. The number of rotatable bonds is 7. The maximum Gasteiger partial charge on any atom is 0.146 e. The van der Waals surface area contributed by atoms with Crippen LogP contribution in [-0.4, -0.2) is 32.1 Å². The second kappa shape index (κ2) is 7.19. The second-order valence-corrected chi connectivity index (χ2v) is 5.88. The topological polar surface area (TPSA) is 76.4 Å². The van der Waals surface area contributed by atoms with Gasteiger partial charge < -0.3 is 15.5 Å². The first-order valence-electron chi connectivity index (χ1n) is 6.74. The number of oxime groups is 1. The molecule has 1 heterocycles. The molecule has 0 unspecified atom stereocenters. The predicted molar refractivity (Wildman–Crippen MR) is 84.5 cm³/mol. The van der Waals surface area contributed by atoms with Gasteiger partial charge in [0.05, 0.1) is 17.5 Å². The highest BCUT2D eigenvalue weighted by Gasteiger charge is 2.11. The van der Waals surface area contributed by atoms with Crippen LogP contribution in [-0.2, 0) is 13.0 Å². The summed E-state index contributed by atoms with van der Waals surface area (Å²) in [6, 6.07) is 8.03. The van der Waals surface area contributed by atoms with Crippen LogP contribution in [0.4, 0.5) is 0 Å². The Morgan fingerprint density at radius 2 is 2.25 bits per heavy atom. The SMILES string of the molecule is CCSCCCn1c(C/C(N)=N/O)nc2ccccc21. The van der Waals surface area contributed by atoms with Crippen molar-refractivity contribution < 1.29 is 5.21 Å². The van der Waals surface area contributed by atoms with Gasteiger partial charge in [-0.1, -0.05) is 24.2 Å². The first kappa shape index (κ1) is 14.7. The Bertz CT molecular complexity index is 594. The molecule has 0 bridgehead atoms. The van der Waals surface area contributed by atoms with Crippen molar-refractivity contribution in [2.45, 2.75) is 26.3 Å². The van der Waals surface area contributed by atoms with E-state index in [1.807, 2.05) is 30.0 Å². The Balaban J connectivity index is 2.24. The highest BCUT2D eigenvalue weighted by atomic mass is 32.2. The summed E-state index contributed by atoms with van der Waals surface area (Å²) in [5.41, 5.74) is 7.68. The molecule has 0 fully saturated rings. The van der Waals surface area contributed by atoms with Crippen LogP contribution in [0.15, 0.2) is 29.4 Å². The molecule has 0 spiro atoms. The third kappa shape index (κ3) is 3.45. The summed E-state index contributed by atoms with van der Waals surface area (Å²) in [4.78, 5) is 4.58. The molecule has 0 saturated carbocycles. The minimum Gasteiger partial charge on any atom is -0.409 e. The maximum absolute atomic E-state index is 8.73. The van der Waals surface area contributed by atoms with Gasteiger partial charge in [-0.15, -0.1) is 0 Å². The van der Waals surface area contributed by atoms with Crippen LogP contribution in [0.25, 0.3) is 11.0 Å². The minimum absolute atomic E-state index is 0.185. The summed E-state index contributed by atoms with van der Waals surface area (Å²) >= 11 is 1.94.